The Balaban J connectivity index is 3.05. The van der Waals surface area contributed by atoms with Crippen LogP contribution in [0.5, 0.6) is 0 Å². The first-order chi connectivity index (χ1) is 10.0. The lowest BCUT2D eigenvalue weighted by atomic mass is 10.1. The molecule has 0 spiro atoms. The molecule has 5 nitrogen and oxygen atoms in total. The van der Waals surface area contributed by atoms with Gasteiger partial charge in [0.2, 0.25) is 5.91 Å². The zero-order valence-corrected chi connectivity index (χ0v) is 11.9. The summed E-state index contributed by atoms with van der Waals surface area (Å²) in [4.78, 5) is 26.1. The second-order valence-electron chi connectivity index (χ2n) is 4.04. The van der Waals surface area contributed by atoms with Crippen LogP contribution >= 0.6 is 0 Å². The van der Waals surface area contributed by atoms with Crippen LogP contribution in [0.25, 0.3) is 6.08 Å². The highest BCUT2D eigenvalue weighted by Gasteiger charge is 2.13. The molecule has 1 aromatic carbocycles. The number of hydrogen-bond acceptors (Lipinski definition) is 4. The van der Waals surface area contributed by atoms with Crippen molar-refractivity contribution in [3.63, 3.8) is 0 Å². The fourth-order valence-electron chi connectivity index (χ4n) is 1.42. The van der Waals surface area contributed by atoms with Crippen molar-refractivity contribution in [3.8, 4) is 0 Å². The van der Waals surface area contributed by atoms with Crippen molar-refractivity contribution < 1.29 is 19.4 Å². The van der Waals surface area contributed by atoms with E-state index in [0.29, 0.717) is 0 Å². The van der Waals surface area contributed by atoms with Crippen molar-refractivity contribution in [1.29, 1.82) is 0 Å². The number of rotatable bonds is 5. The Morgan fingerprint density at radius 1 is 1.29 bits per heavy atom. The Morgan fingerprint density at radius 2 is 1.95 bits per heavy atom. The molecule has 0 heterocycles. The van der Waals surface area contributed by atoms with E-state index < -0.39 is 11.9 Å². The quantitative estimate of drug-likeness (QED) is 0.297. The van der Waals surface area contributed by atoms with Crippen LogP contribution in [-0.4, -0.2) is 29.8 Å². The van der Waals surface area contributed by atoms with Crippen molar-refractivity contribution in [2.45, 2.75) is 13.8 Å². The maximum Gasteiger partial charge on any atom is 0.343 e. The molecule has 1 amide bonds. The molecule has 0 aromatic heterocycles. The van der Waals surface area contributed by atoms with Crippen LogP contribution in [0.15, 0.2) is 52.7 Å². The average molecular weight is 287 g/mol. The van der Waals surface area contributed by atoms with E-state index in [1.807, 2.05) is 30.3 Å². The number of allylic oxidation sites excluding steroid dienone is 1. The average Bonchev–Trinajstić information content (AvgIpc) is 2.46. The SMILES string of the molecule is CCOC(=O)C(C=NC(C)=O)=C(O)C=Cc1ccccc1. The Hall–Kier alpha value is -2.69. The zero-order valence-electron chi connectivity index (χ0n) is 11.9. The van der Waals surface area contributed by atoms with Gasteiger partial charge in [-0.3, -0.25) is 4.79 Å². The van der Waals surface area contributed by atoms with Gasteiger partial charge in [0.05, 0.1) is 6.61 Å². The molecule has 1 rings (SSSR count). The minimum atomic E-state index is -0.738. The van der Waals surface area contributed by atoms with E-state index in [-0.39, 0.29) is 17.9 Å². The highest BCUT2D eigenvalue weighted by molar-refractivity contribution is 6.12. The number of ether oxygens (including phenoxy) is 1. The van der Waals surface area contributed by atoms with Crippen molar-refractivity contribution in [1.82, 2.24) is 0 Å². The highest BCUT2D eigenvalue weighted by atomic mass is 16.5. The molecule has 110 valence electrons. The molecule has 0 atom stereocenters. The van der Waals surface area contributed by atoms with E-state index in [0.717, 1.165) is 11.8 Å². The molecule has 1 N–H and O–H groups in total. The van der Waals surface area contributed by atoms with Crippen LogP contribution in [-0.2, 0) is 14.3 Å². The molecular formula is C16H17NO4. The van der Waals surface area contributed by atoms with Gasteiger partial charge < -0.3 is 9.84 Å². The van der Waals surface area contributed by atoms with Gasteiger partial charge in [0.15, 0.2) is 0 Å². The minimum absolute atomic E-state index is 0.159. The predicted molar refractivity (Wildman–Crippen MR) is 80.9 cm³/mol. The molecule has 1 aromatic rings. The molecule has 0 unspecified atom stereocenters. The monoisotopic (exact) mass is 287 g/mol. The van der Waals surface area contributed by atoms with Crippen LogP contribution < -0.4 is 0 Å². The van der Waals surface area contributed by atoms with Crippen molar-refractivity contribution in [3.05, 3.63) is 53.3 Å². The normalized spacial score (nSPS) is 12.5. The molecule has 0 bridgehead atoms. The molecule has 0 aliphatic rings. The highest BCUT2D eigenvalue weighted by Crippen LogP contribution is 2.08. The van der Waals surface area contributed by atoms with E-state index in [2.05, 4.69) is 4.99 Å². The number of carbonyl (C=O) groups excluding carboxylic acids is 2. The second kappa shape index (κ2) is 8.47. The number of aliphatic hydroxyl groups excluding tert-OH is 1. The van der Waals surface area contributed by atoms with E-state index in [1.165, 1.54) is 13.0 Å². The van der Waals surface area contributed by atoms with Gasteiger partial charge in [0.25, 0.3) is 0 Å². The summed E-state index contributed by atoms with van der Waals surface area (Å²) in [5.74, 6) is -1.53. The molecule has 5 heteroatoms. The number of nitrogens with zero attached hydrogens (tertiary/aromatic N) is 1. The number of aliphatic hydroxyl groups is 1. The summed E-state index contributed by atoms with van der Waals surface area (Å²) in [5, 5.41) is 9.97. The van der Waals surface area contributed by atoms with Gasteiger partial charge in [-0.1, -0.05) is 36.4 Å². The minimum Gasteiger partial charge on any atom is -0.507 e. The van der Waals surface area contributed by atoms with Gasteiger partial charge in [-0.25, -0.2) is 9.79 Å². The predicted octanol–water partition coefficient (Wildman–Crippen LogP) is 2.69. The van der Waals surface area contributed by atoms with Crippen LogP contribution in [0.3, 0.4) is 0 Å². The van der Waals surface area contributed by atoms with Gasteiger partial charge in [-0.15, -0.1) is 0 Å². The van der Waals surface area contributed by atoms with E-state index >= 15 is 0 Å². The van der Waals surface area contributed by atoms with Gasteiger partial charge >= 0.3 is 5.97 Å². The van der Waals surface area contributed by atoms with Gasteiger partial charge in [0.1, 0.15) is 11.3 Å². The van der Waals surface area contributed by atoms with Gasteiger partial charge in [0, 0.05) is 13.1 Å². The Bertz CT molecular complexity index is 586. The first-order valence-corrected chi connectivity index (χ1v) is 6.42. The smallest absolute Gasteiger partial charge is 0.343 e. The summed E-state index contributed by atoms with van der Waals surface area (Å²) in [5.41, 5.74) is 0.690. The summed E-state index contributed by atoms with van der Waals surface area (Å²) >= 11 is 0. The summed E-state index contributed by atoms with van der Waals surface area (Å²) < 4.78 is 4.82. The third-order valence-electron chi connectivity index (χ3n) is 2.38. The first-order valence-electron chi connectivity index (χ1n) is 6.42. The third-order valence-corrected chi connectivity index (χ3v) is 2.38. The van der Waals surface area contributed by atoms with E-state index in [9.17, 15) is 14.7 Å². The largest absolute Gasteiger partial charge is 0.507 e. The second-order valence-corrected chi connectivity index (χ2v) is 4.04. The standard InChI is InChI=1S/C16H17NO4/c1-3-21-16(20)14(11-17-12(2)18)15(19)10-9-13-7-5-4-6-8-13/h4-11,19H,3H2,1-2H3. The summed E-state index contributed by atoms with van der Waals surface area (Å²) in [6.45, 7) is 3.05. The first kappa shape index (κ1) is 16.4. The number of hydrogen-bond donors (Lipinski definition) is 1. The number of esters is 1. The third kappa shape index (κ3) is 5.86. The topological polar surface area (TPSA) is 76.0 Å². The lowest BCUT2D eigenvalue weighted by Gasteiger charge is -2.03. The Labute approximate surface area is 123 Å². The fraction of sp³-hybridized carbons (Fsp3) is 0.188. The van der Waals surface area contributed by atoms with Crippen LogP contribution in [0, 0.1) is 0 Å². The maximum absolute atomic E-state index is 11.7. The Morgan fingerprint density at radius 3 is 2.52 bits per heavy atom. The van der Waals surface area contributed by atoms with Gasteiger partial charge in [-0.05, 0) is 18.6 Å². The molecular weight excluding hydrogens is 270 g/mol. The van der Waals surface area contributed by atoms with Gasteiger partial charge in [-0.2, -0.15) is 0 Å². The van der Waals surface area contributed by atoms with Crippen molar-refractivity contribution in [2.75, 3.05) is 6.61 Å². The molecule has 0 aliphatic carbocycles. The molecule has 0 saturated carbocycles. The number of aliphatic imine (C=N–C) groups is 1. The molecule has 0 radical (unpaired) electrons. The maximum atomic E-state index is 11.7. The number of amides is 1. The molecule has 0 fully saturated rings. The van der Waals surface area contributed by atoms with E-state index in [4.69, 9.17) is 4.74 Å². The van der Waals surface area contributed by atoms with Crippen LogP contribution in [0.4, 0.5) is 0 Å². The zero-order chi connectivity index (χ0) is 15.7. The van der Waals surface area contributed by atoms with Crippen molar-refractivity contribution >= 4 is 24.2 Å². The van der Waals surface area contributed by atoms with Crippen molar-refractivity contribution in [2.24, 2.45) is 4.99 Å². The summed E-state index contributed by atoms with van der Waals surface area (Å²) in [6.07, 6.45) is 3.99. The summed E-state index contributed by atoms with van der Waals surface area (Å²) in [7, 11) is 0. The van der Waals surface area contributed by atoms with Crippen LogP contribution in [0.2, 0.25) is 0 Å². The fourth-order valence-corrected chi connectivity index (χ4v) is 1.42. The van der Waals surface area contributed by atoms with E-state index in [1.54, 1.807) is 13.0 Å². The van der Waals surface area contributed by atoms with Crippen LogP contribution in [0.1, 0.15) is 19.4 Å². The lowest BCUT2D eigenvalue weighted by molar-refractivity contribution is -0.138. The molecule has 0 saturated heterocycles. The Kier molecular flexibility index (Phi) is 6.60. The summed E-state index contributed by atoms with van der Waals surface area (Å²) in [6, 6.07) is 9.26. The number of carbonyl (C=O) groups is 2. The lowest BCUT2D eigenvalue weighted by Crippen LogP contribution is -2.11. The molecule has 21 heavy (non-hydrogen) atoms. The molecule has 0 aliphatic heterocycles. The number of benzene rings is 1.